The molecule has 0 saturated carbocycles. The zero-order valence-corrected chi connectivity index (χ0v) is 14.5. The Balaban J connectivity index is 0.00000176. The van der Waals surface area contributed by atoms with Gasteiger partial charge in [-0.2, -0.15) is 0 Å². The number of rotatable bonds is 3. The molecule has 1 amide bonds. The maximum absolute atomic E-state index is 12.2. The minimum Gasteiger partial charge on any atom is -0.322 e. The zero-order valence-electron chi connectivity index (χ0n) is 12.2. The van der Waals surface area contributed by atoms with Crippen LogP contribution in [0.25, 0.3) is 0 Å². The molecule has 0 radical (unpaired) electrons. The van der Waals surface area contributed by atoms with Crippen molar-refractivity contribution < 1.29 is 4.79 Å². The minimum absolute atomic E-state index is 0. The summed E-state index contributed by atoms with van der Waals surface area (Å²) in [6.45, 7) is 4.52. The van der Waals surface area contributed by atoms with Crippen molar-refractivity contribution in [1.82, 2.24) is 10.2 Å². The molecule has 1 atom stereocenters. The summed E-state index contributed by atoms with van der Waals surface area (Å²) in [5.41, 5.74) is 0.879. The number of hydrogen-bond acceptors (Lipinski definition) is 3. The quantitative estimate of drug-likeness (QED) is 0.866. The Morgan fingerprint density at radius 2 is 2.05 bits per heavy atom. The molecule has 122 valence electrons. The number of para-hydroxylation sites is 1. The van der Waals surface area contributed by atoms with Crippen molar-refractivity contribution >= 4 is 47.2 Å². The van der Waals surface area contributed by atoms with Crippen LogP contribution in [0.1, 0.15) is 12.8 Å². The molecule has 7 heteroatoms. The van der Waals surface area contributed by atoms with Crippen LogP contribution in [-0.2, 0) is 4.79 Å². The van der Waals surface area contributed by atoms with Crippen molar-refractivity contribution in [2.45, 2.75) is 12.8 Å². The number of likely N-dealkylation sites (tertiary alicyclic amines) is 1. The normalized spacial score (nSPS) is 24.5. The number of benzene rings is 1. The maximum Gasteiger partial charge on any atom is 0.238 e. The lowest BCUT2D eigenvalue weighted by Gasteiger charge is -2.22. The van der Waals surface area contributed by atoms with Crippen LogP contribution >= 0.6 is 35.6 Å². The molecule has 2 aliphatic rings. The summed E-state index contributed by atoms with van der Waals surface area (Å²) in [7, 11) is 0. The highest BCUT2D eigenvalue weighted by Gasteiger charge is 2.40. The SMILES string of the molecule is Cl.O=C(CN1CCC2(CCNC2)C1)Nc1c(Cl)cccc1Cl. The highest BCUT2D eigenvalue weighted by atomic mass is 35.5. The Kier molecular flexibility index (Phi) is 5.97. The molecule has 3 rings (SSSR count). The average molecular weight is 365 g/mol. The summed E-state index contributed by atoms with van der Waals surface area (Å²) in [6.07, 6.45) is 2.38. The van der Waals surface area contributed by atoms with Gasteiger partial charge in [-0.25, -0.2) is 0 Å². The molecule has 2 aliphatic heterocycles. The van der Waals surface area contributed by atoms with Gasteiger partial charge in [0, 0.05) is 13.1 Å². The average Bonchev–Trinajstić information content (AvgIpc) is 3.05. The highest BCUT2D eigenvalue weighted by molar-refractivity contribution is 6.39. The van der Waals surface area contributed by atoms with Gasteiger partial charge in [0.25, 0.3) is 0 Å². The fourth-order valence-corrected chi connectivity index (χ4v) is 3.80. The maximum atomic E-state index is 12.2. The standard InChI is InChI=1S/C15H19Cl2N3O.ClH/c16-11-2-1-3-12(17)14(11)19-13(21)8-20-7-5-15(10-20)4-6-18-9-15;/h1-3,18H,4-10H2,(H,19,21);1H. The van der Waals surface area contributed by atoms with Gasteiger partial charge >= 0.3 is 0 Å². The van der Waals surface area contributed by atoms with Crippen molar-refractivity contribution in [3.63, 3.8) is 0 Å². The van der Waals surface area contributed by atoms with Crippen LogP contribution in [0.15, 0.2) is 18.2 Å². The molecule has 2 N–H and O–H groups in total. The van der Waals surface area contributed by atoms with Gasteiger partial charge in [0.15, 0.2) is 0 Å². The van der Waals surface area contributed by atoms with Crippen LogP contribution in [0, 0.1) is 5.41 Å². The molecule has 0 aliphatic carbocycles. The van der Waals surface area contributed by atoms with Gasteiger partial charge in [-0.1, -0.05) is 29.3 Å². The molecule has 0 aromatic heterocycles. The van der Waals surface area contributed by atoms with E-state index >= 15 is 0 Å². The predicted octanol–water partition coefficient (Wildman–Crippen LogP) is 3.04. The third kappa shape index (κ3) is 3.87. The van der Waals surface area contributed by atoms with Crippen LogP contribution < -0.4 is 10.6 Å². The number of nitrogens with zero attached hydrogens (tertiary/aromatic N) is 1. The number of carbonyl (C=O) groups excluding carboxylic acids is 1. The third-order valence-corrected chi connectivity index (χ3v) is 5.07. The first-order valence-corrected chi connectivity index (χ1v) is 8.01. The van der Waals surface area contributed by atoms with E-state index in [9.17, 15) is 4.79 Å². The Bertz CT molecular complexity index is 527. The summed E-state index contributed by atoms with van der Waals surface area (Å²) in [5.74, 6) is -0.0620. The van der Waals surface area contributed by atoms with E-state index in [2.05, 4.69) is 15.5 Å². The minimum atomic E-state index is -0.0620. The van der Waals surface area contributed by atoms with E-state index in [4.69, 9.17) is 23.2 Å². The van der Waals surface area contributed by atoms with Gasteiger partial charge in [-0.15, -0.1) is 12.4 Å². The van der Waals surface area contributed by atoms with Crippen LogP contribution in [0.3, 0.4) is 0 Å². The van der Waals surface area contributed by atoms with Crippen molar-refractivity contribution in [2.75, 3.05) is 38.0 Å². The summed E-state index contributed by atoms with van der Waals surface area (Å²) in [6, 6.07) is 5.20. The van der Waals surface area contributed by atoms with Crippen LogP contribution in [0.4, 0.5) is 5.69 Å². The number of amides is 1. The molecule has 2 heterocycles. The van der Waals surface area contributed by atoms with Crippen molar-refractivity contribution in [1.29, 1.82) is 0 Å². The van der Waals surface area contributed by atoms with E-state index < -0.39 is 0 Å². The third-order valence-electron chi connectivity index (χ3n) is 4.44. The second kappa shape index (κ2) is 7.37. The van der Waals surface area contributed by atoms with Gasteiger partial charge in [0.05, 0.1) is 22.3 Å². The Morgan fingerprint density at radius 1 is 1.32 bits per heavy atom. The second-order valence-corrected chi connectivity index (χ2v) is 6.85. The van der Waals surface area contributed by atoms with E-state index in [1.807, 2.05) is 0 Å². The molecule has 2 fully saturated rings. The molecule has 1 unspecified atom stereocenters. The summed E-state index contributed by atoms with van der Waals surface area (Å²) in [5, 5.41) is 7.18. The van der Waals surface area contributed by atoms with Gasteiger partial charge in [-0.3, -0.25) is 9.69 Å². The van der Waals surface area contributed by atoms with Crippen molar-refractivity contribution in [3.8, 4) is 0 Å². The molecule has 2 saturated heterocycles. The predicted molar refractivity (Wildman–Crippen MR) is 93.3 cm³/mol. The summed E-state index contributed by atoms with van der Waals surface area (Å²) < 4.78 is 0. The van der Waals surface area contributed by atoms with E-state index in [1.54, 1.807) is 18.2 Å². The first-order chi connectivity index (χ1) is 10.1. The molecular formula is C15H20Cl3N3O. The van der Waals surface area contributed by atoms with E-state index in [0.29, 0.717) is 27.7 Å². The molecule has 1 aromatic rings. The van der Waals surface area contributed by atoms with E-state index in [0.717, 1.165) is 26.2 Å². The van der Waals surface area contributed by atoms with Gasteiger partial charge in [0.2, 0.25) is 5.91 Å². The topological polar surface area (TPSA) is 44.4 Å². The number of nitrogens with one attached hydrogen (secondary N) is 2. The van der Waals surface area contributed by atoms with Crippen molar-refractivity contribution in [3.05, 3.63) is 28.2 Å². The lowest BCUT2D eigenvalue weighted by molar-refractivity contribution is -0.117. The van der Waals surface area contributed by atoms with Crippen LogP contribution in [0.2, 0.25) is 10.0 Å². The van der Waals surface area contributed by atoms with E-state index in [-0.39, 0.29) is 18.3 Å². The van der Waals surface area contributed by atoms with Gasteiger partial charge < -0.3 is 10.6 Å². The van der Waals surface area contributed by atoms with Gasteiger partial charge in [0.1, 0.15) is 0 Å². The lowest BCUT2D eigenvalue weighted by Crippen LogP contribution is -2.34. The first kappa shape index (κ1) is 17.8. The molecule has 1 aromatic carbocycles. The number of anilines is 1. The van der Waals surface area contributed by atoms with E-state index in [1.165, 1.54) is 12.8 Å². The Labute approximate surface area is 146 Å². The largest absolute Gasteiger partial charge is 0.322 e. The smallest absolute Gasteiger partial charge is 0.238 e. The first-order valence-electron chi connectivity index (χ1n) is 7.25. The van der Waals surface area contributed by atoms with Gasteiger partial charge in [-0.05, 0) is 43.5 Å². The monoisotopic (exact) mass is 363 g/mol. The second-order valence-electron chi connectivity index (χ2n) is 6.03. The number of hydrogen-bond donors (Lipinski definition) is 2. The zero-order chi connectivity index (χ0) is 14.9. The summed E-state index contributed by atoms with van der Waals surface area (Å²) in [4.78, 5) is 14.4. The fraction of sp³-hybridized carbons (Fsp3) is 0.533. The fourth-order valence-electron chi connectivity index (χ4n) is 3.31. The van der Waals surface area contributed by atoms with Crippen molar-refractivity contribution in [2.24, 2.45) is 5.41 Å². The highest BCUT2D eigenvalue weighted by Crippen LogP contribution is 2.36. The molecule has 22 heavy (non-hydrogen) atoms. The molecule has 1 spiro atoms. The molecule has 4 nitrogen and oxygen atoms in total. The van der Waals surface area contributed by atoms with Crippen LogP contribution in [0.5, 0.6) is 0 Å². The summed E-state index contributed by atoms with van der Waals surface area (Å²) >= 11 is 12.1. The lowest BCUT2D eigenvalue weighted by atomic mass is 9.87. The molecular weight excluding hydrogens is 345 g/mol. The Hall–Kier alpha value is -0.520. The number of halogens is 3. The number of carbonyl (C=O) groups is 1. The Morgan fingerprint density at radius 3 is 2.68 bits per heavy atom. The van der Waals surface area contributed by atoms with Crippen LogP contribution in [-0.4, -0.2) is 43.5 Å². The molecule has 0 bridgehead atoms.